The Morgan fingerprint density at radius 1 is 0.955 bits per heavy atom. The van der Waals surface area contributed by atoms with E-state index < -0.39 is 11.8 Å². The summed E-state index contributed by atoms with van der Waals surface area (Å²) in [5, 5.41) is 10.3. The molecular weight excluding hydrogens is 293 g/mol. The van der Waals surface area contributed by atoms with Gasteiger partial charge >= 0.3 is 6.18 Å². The number of hydrogen-bond acceptors (Lipinski definition) is 2. The predicted molar refractivity (Wildman–Crippen MR) is 78.4 cm³/mol. The fourth-order valence-electron chi connectivity index (χ4n) is 2.08. The van der Waals surface area contributed by atoms with Gasteiger partial charge in [-0.2, -0.15) is 13.2 Å². The van der Waals surface area contributed by atoms with Gasteiger partial charge in [0.2, 0.25) is 5.60 Å². The van der Waals surface area contributed by atoms with E-state index in [0.29, 0.717) is 5.56 Å². The molecule has 2 nitrogen and oxygen atoms in total. The van der Waals surface area contributed by atoms with E-state index in [9.17, 15) is 18.3 Å². The van der Waals surface area contributed by atoms with Crippen LogP contribution in [-0.4, -0.2) is 18.4 Å². The molecule has 0 radical (unpaired) electrons. The molecule has 22 heavy (non-hydrogen) atoms. The third-order valence-electron chi connectivity index (χ3n) is 3.27. The topological polar surface area (TPSA) is 29.5 Å². The van der Waals surface area contributed by atoms with Gasteiger partial charge in [-0.15, -0.1) is 0 Å². The summed E-state index contributed by atoms with van der Waals surface area (Å²) in [6, 6.07) is 14.0. The largest absolute Gasteiger partial charge is 0.496 e. The number of alkyl halides is 3. The van der Waals surface area contributed by atoms with Crippen LogP contribution in [-0.2, 0) is 5.60 Å². The molecule has 0 amide bonds. The van der Waals surface area contributed by atoms with Crippen molar-refractivity contribution in [2.45, 2.75) is 11.8 Å². The molecule has 1 atom stereocenters. The predicted octanol–water partition coefficient (Wildman–Crippen LogP) is 4.16. The summed E-state index contributed by atoms with van der Waals surface area (Å²) in [6.07, 6.45) is -2.91. The normalized spacial score (nSPS) is 14.8. The molecule has 0 bridgehead atoms. The van der Waals surface area contributed by atoms with Crippen LogP contribution >= 0.6 is 0 Å². The fraction of sp³-hybridized carbons (Fsp3) is 0.176. The van der Waals surface area contributed by atoms with Crippen molar-refractivity contribution in [2.24, 2.45) is 0 Å². The Hall–Kier alpha value is -2.27. The molecule has 0 heterocycles. The van der Waals surface area contributed by atoms with Crippen LogP contribution in [0.4, 0.5) is 13.2 Å². The molecule has 2 aromatic carbocycles. The van der Waals surface area contributed by atoms with E-state index in [0.717, 1.165) is 6.08 Å². The zero-order valence-corrected chi connectivity index (χ0v) is 11.8. The van der Waals surface area contributed by atoms with Crippen molar-refractivity contribution in [1.82, 2.24) is 0 Å². The van der Waals surface area contributed by atoms with Crippen LogP contribution in [0.5, 0.6) is 5.75 Å². The summed E-state index contributed by atoms with van der Waals surface area (Å²) in [6.45, 7) is 0. The van der Waals surface area contributed by atoms with E-state index in [1.54, 1.807) is 36.4 Å². The van der Waals surface area contributed by atoms with Crippen molar-refractivity contribution >= 4 is 6.08 Å². The van der Waals surface area contributed by atoms with Crippen molar-refractivity contribution in [1.29, 1.82) is 0 Å². The highest BCUT2D eigenvalue weighted by Gasteiger charge is 2.54. The van der Waals surface area contributed by atoms with Crippen molar-refractivity contribution in [3.8, 4) is 5.75 Å². The van der Waals surface area contributed by atoms with Crippen LogP contribution < -0.4 is 4.74 Å². The summed E-state index contributed by atoms with van der Waals surface area (Å²) in [4.78, 5) is 0. The number of benzene rings is 2. The molecule has 2 aromatic rings. The van der Waals surface area contributed by atoms with Gasteiger partial charge in [0.05, 0.1) is 7.11 Å². The average molecular weight is 308 g/mol. The van der Waals surface area contributed by atoms with Crippen LogP contribution in [0.25, 0.3) is 6.08 Å². The summed E-state index contributed by atoms with van der Waals surface area (Å²) in [7, 11) is 1.26. The van der Waals surface area contributed by atoms with Gasteiger partial charge in [0.25, 0.3) is 0 Å². The Kier molecular flexibility index (Phi) is 4.56. The van der Waals surface area contributed by atoms with Crippen LogP contribution in [0, 0.1) is 0 Å². The maximum absolute atomic E-state index is 13.5. The third kappa shape index (κ3) is 3.14. The second kappa shape index (κ2) is 6.23. The lowest BCUT2D eigenvalue weighted by Crippen LogP contribution is -2.40. The molecule has 116 valence electrons. The van der Waals surface area contributed by atoms with E-state index in [2.05, 4.69) is 0 Å². The lowest BCUT2D eigenvalue weighted by Gasteiger charge is -2.29. The number of ether oxygens (including phenoxy) is 1. The molecule has 1 N–H and O–H groups in total. The summed E-state index contributed by atoms with van der Waals surface area (Å²) < 4.78 is 45.3. The molecule has 1 unspecified atom stereocenters. The molecule has 0 saturated heterocycles. The number of halogens is 3. The molecule has 5 heteroatoms. The van der Waals surface area contributed by atoms with E-state index in [4.69, 9.17) is 4.74 Å². The van der Waals surface area contributed by atoms with Crippen LogP contribution in [0.3, 0.4) is 0 Å². The Balaban J connectivity index is 2.52. The van der Waals surface area contributed by atoms with Gasteiger partial charge in [-0.1, -0.05) is 54.6 Å². The minimum Gasteiger partial charge on any atom is -0.496 e. The van der Waals surface area contributed by atoms with Crippen LogP contribution in [0.1, 0.15) is 11.1 Å². The summed E-state index contributed by atoms with van der Waals surface area (Å²) >= 11 is 0. The molecule has 0 aromatic heterocycles. The quantitative estimate of drug-likeness (QED) is 0.919. The van der Waals surface area contributed by atoms with E-state index in [-0.39, 0.29) is 11.3 Å². The first-order valence-corrected chi connectivity index (χ1v) is 6.55. The number of rotatable bonds is 4. The van der Waals surface area contributed by atoms with Gasteiger partial charge in [-0.05, 0) is 17.7 Å². The monoisotopic (exact) mass is 308 g/mol. The van der Waals surface area contributed by atoms with E-state index in [1.165, 1.54) is 31.4 Å². The molecule has 0 spiro atoms. The molecule has 0 fully saturated rings. The standard InChI is InChI=1S/C17H15F3O2/c1-22-15-10-6-5-9-14(15)16(21,17(18,19)20)12-11-13-7-3-2-4-8-13/h2-12,21H,1H3. The second-order valence-electron chi connectivity index (χ2n) is 4.71. The zero-order valence-electron chi connectivity index (χ0n) is 11.8. The van der Waals surface area contributed by atoms with Gasteiger partial charge < -0.3 is 9.84 Å². The Labute approximate surface area is 126 Å². The number of aliphatic hydroxyl groups is 1. The van der Waals surface area contributed by atoms with Gasteiger partial charge in [-0.3, -0.25) is 0 Å². The summed E-state index contributed by atoms with van der Waals surface area (Å²) in [5.41, 5.74) is -2.92. The Morgan fingerprint density at radius 3 is 2.14 bits per heavy atom. The van der Waals surface area contributed by atoms with Crippen molar-refractivity contribution in [2.75, 3.05) is 7.11 Å². The fourth-order valence-corrected chi connectivity index (χ4v) is 2.08. The molecule has 0 aliphatic heterocycles. The second-order valence-corrected chi connectivity index (χ2v) is 4.71. The van der Waals surface area contributed by atoms with Gasteiger partial charge in [-0.25, -0.2) is 0 Å². The highest BCUT2D eigenvalue weighted by molar-refractivity contribution is 5.53. The molecule has 0 aliphatic carbocycles. The Morgan fingerprint density at radius 2 is 1.55 bits per heavy atom. The SMILES string of the molecule is COc1ccccc1C(O)(C=Cc1ccccc1)C(F)(F)F. The molecule has 0 saturated carbocycles. The van der Waals surface area contributed by atoms with Gasteiger partial charge in [0.1, 0.15) is 5.75 Å². The minimum atomic E-state index is -4.88. The third-order valence-corrected chi connectivity index (χ3v) is 3.27. The maximum Gasteiger partial charge on any atom is 0.425 e. The first-order valence-electron chi connectivity index (χ1n) is 6.55. The lowest BCUT2D eigenvalue weighted by molar-refractivity contribution is -0.245. The average Bonchev–Trinajstić information content (AvgIpc) is 2.52. The van der Waals surface area contributed by atoms with Crippen LogP contribution in [0.15, 0.2) is 60.7 Å². The number of hydrogen-bond donors (Lipinski definition) is 1. The van der Waals surface area contributed by atoms with Crippen molar-refractivity contribution in [3.63, 3.8) is 0 Å². The van der Waals surface area contributed by atoms with E-state index >= 15 is 0 Å². The maximum atomic E-state index is 13.5. The highest BCUT2D eigenvalue weighted by atomic mass is 19.4. The number of para-hydroxylation sites is 1. The zero-order chi connectivity index (χ0) is 16.2. The molecule has 2 rings (SSSR count). The Bertz CT molecular complexity index is 650. The molecular formula is C17H15F3O2. The first-order chi connectivity index (χ1) is 10.4. The summed E-state index contributed by atoms with van der Waals surface area (Å²) in [5.74, 6) is -0.0277. The van der Waals surface area contributed by atoms with Gasteiger partial charge in [0, 0.05) is 5.56 Å². The first kappa shape index (κ1) is 16.1. The number of methoxy groups -OCH3 is 1. The molecule has 0 aliphatic rings. The smallest absolute Gasteiger partial charge is 0.425 e. The highest BCUT2D eigenvalue weighted by Crippen LogP contribution is 2.44. The van der Waals surface area contributed by atoms with E-state index in [1.807, 2.05) is 0 Å². The lowest BCUT2D eigenvalue weighted by atomic mass is 9.91. The van der Waals surface area contributed by atoms with Crippen molar-refractivity contribution in [3.05, 3.63) is 71.8 Å². The van der Waals surface area contributed by atoms with Gasteiger partial charge in [0.15, 0.2) is 0 Å². The van der Waals surface area contributed by atoms with Crippen molar-refractivity contribution < 1.29 is 23.0 Å². The van der Waals surface area contributed by atoms with Crippen LogP contribution in [0.2, 0.25) is 0 Å². The minimum absolute atomic E-state index is 0.0277.